The summed E-state index contributed by atoms with van der Waals surface area (Å²) in [5.41, 5.74) is 0.933. The van der Waals surface area contributed by atoms with E-state index in [4.69, 9.17) is 0 Å². The predicted octanol–water partition coefficient (Wildman–Crippen LogP) is 2.69. The highest BCUT2D eigenvalue weighted by molar-refractivity contribution is 5.74. The summed E-state index contributed by atoms with van der Waals surface area (Å²) in [6.07, 6.45) is 4.64. The van der Waals surface area contributed by atoms with Crippen molar-refractivity contribution in [2.75, 3.05) is 13.1 Å². The molecule has 1 saturated heterocycles. The third-order valence-corrected chi connectivity index (χ3v) is 4.56. The van der Waals surface area contributed by atoms with E-state index in [-0.39, 0.29) is 12.1 Å². The van der Waals surface area contributed by atoms with Gasteiger partial charge in [-0.1, -0.05) is 30.3 Å². The minimum absolute atomic E-state index is 0.0460. The van der Waals surface area contributed by atoms with Gasteiger partial charge in [0.25, 0.3) is 0 Å². The zero-order valence-electron chi connectivity index (χ0n) is 12.4. The Hall–Kier alpha value is -1.55. The number of nitrogens with one attached hydrogen (secondary N) is 1. The molecule has 2 atom stereocenters. The van der Waals surface area contributed by atoms with Gasteiger partial charge in [0.05, 0.1) is 6.10 Å². The lowest BCUT2D eigenvalue weighted by Gasteiger charge is -2.27. The molecule has 1 aliphatic carbocycles. The number of hydrogen-bond donors (Lipinski definition) is 2. The van der Waals surface area contributed by atoms with Crippen LogP contribution in [-0.2, 0) is 0 Å². The number of aliphatic hydroxyl groups excluding tert-OH is 1. The Bertz CT molecular complexity index is 473. The van der Waals surface area contributed by atoms with Crippen LogP contribution in [0.25, 0.3) is 0 Å². The van der Waals surface area contributed by atoms with E-state index in [0.717, 1.165) is 31.5 Å². The van der Waals surface area contributed by atoms with E-state index < -0.39 is 6.10 Å². The average molecular weight is 288 g/mol. The van der Waals surface area contributed by atoms with Gasteiger partial charge in [0.15, 0.2) is 0 Å². The standard InChI is InChI=1S/C17H24N2O2/c20-16(14-5-2-1-3-6-14)11-15-7-4-10-19(15)17(21)18-12-13-8-9-13/h1-3,5-6,13,15-16,20H,4,7-12H2,(H,18,21). The van der Waals surface area contributed by atoms with Gasteiger partial charge in [0.1, 0.15) is 0 Å². The van der Waals surface area contributed by atoms with Crippen LogP contribution >= 0.6 is 0 Å². The predicted molar refractivity (Wildman–Crippen MR) is 81.9 cm³/mol. The number of likely N-dealkylation sites (tertiary alicyclic amines) is 1. The fourth-order valence-electron chi connectivity index (χ4n) is 3.07. The second-order valence-electron chi connectivity index (χ2n) is 6.28. The van der Waals surface area contributed by atoms with Crippen LogP contribution in [0.2, 0.25) is 0 Å². The number of rotatable bonds is 5. The summed E-state index contributed by atoms with van der Waals surface area (Å²) in [5.74, 6) is 0.699. The van der Waals surface area contributed by atoms with Crippen molar-refractivity contribution in [2.24, 2.45) is 5.92 Å². The number of carbonyl (C=O) groups excluding carboxylic acids is 1. The Morgan fingerprint density at radius 3 is 2.76 bits per heavy atom. The highest BCUT2D eigenvalue weighted by atomic mass is 16.3. The number of aliphatic hydroxyl groups is 1. The third-order valence-electron chi connectivity index (χ3n) is 4.56. The van der Waals surface area contributed by atoms with Gasteiger partial charge < -0.3 is 15.3 Å². The van der Waals surface area contributed by atoms with Gasteiger partial charge in [-0.25, -0.2) is 4.79 Å². The highest BCUT2D eigenvalue weighted by Crippen LogP contribution is 2.29. The quantitative estimate of drug-likeness (QED) is 0.875. The van der Waals surface area contributed by atoms with Crippen LogP contribution < -0.4 is 5.32 Å². The zero-order valence-corrected chi connectivity index (χ0v) is 12.4. The highest BCUT2D eigenvalue weighted by Gasteiger charge is 2.31. The topological polar surface area (TPSA) is 52.6 Å². The fourth-order valence-corrected chi connectivity index (χ4v) is 3.07. The summed E-state index contributed by atoms with van der Waals surface area (Å²) >= 11 is 0. The van der Waals surface area contributed by atoms with E-state index >= 15 is 0 Å². The molecule has 1 aromatic carbocycles. The van der Waals surface area contributed by atoms with Gasteiger partial charge >= 0.3 is 6.03 Å². The summed E-state index contributed by atoms with van der Waals surface area (Å²) in [4.78, 5) is 14.2. The molecule has 2 unspecified atom stereocenters. The maximum atomic E-state index is 12.2. The molecule has 2 amide bonds. The lowest BCUT2D eigenvalue weighted by Crippen LogP contribution is -2.43. The van der Waals surface area contributed by atoms with Crippen LogP contribution in [0.5, 0.6) is 0 Å². The monoisotopic (exact) mass is 288 g/mol. The molecule has 1 heterocycles. The number of nitrogens with zero attached hydrogens (tertiary/aromatic N) is 1. The molecule has 3 rings (SSSR count). The van der Waals surface area contributed by atoms with Crippen molar-refractivity contribution in [3.8, 4) is 0 Å². The maximum Gasteiger partial charge on any atom is 0.317 e. The molecule has 1 aliphatic heterocycles. The molecule has 0 bridgehead atoms. The molecule has 0 radical (unpaired) electrons. The van der Waals surface area contributed by atoms with E-state index in [0.29, 0.717) is 12.3 Å². The van der Waals surface area contributed by atoms with Crippen LogP contribution in [-0.4, -0.2) is 35.2 Å². The Morgan fingerprint density at radius 1 is 1.29 bits per heavy atom. The van der Waals surface area contributed by atoms with Crippen molar-refractivity contribution in [2.45, 2.75) is 44.2 Å². The van der Waals surface area contributed by atoms with Crippen molar-refractivity contribution in [1.29, 1.82) is 0 Å². The molecule has 1 aromatic rings. The average Bonchev–Trinajstić information content (AvgIpc) is 3.23. The summed E-state index contributed by atoms with van der Waals surface area (Å²) in [7, 11) is 0. The second kappa shape index (κ2) is 6.48. The molecule has 2 N–H and O–H groups in total. The molecule has 0 spiro atoms. The Labute approximate surface area is 126 Å². The van der Waals surface area contributed by atoms with E-state index in [2.05, 4.69) is 5.32 Å². The lowest BCUT2D eigenvalue weighted by atomic mass is 10.0. The van der Waals surface area contributed by atoms with Gasteiger partial charge in [0, 0.05) is 19.1 Å². The van der Waals surface area contributed by atoms with Crippen molar-refractivity contribution in [1.82, 2.24) is 10.2 Å². The molecule has 2 aliphatic rings. The summed E-state index contributed by atoms with van der Waals surface area (Å²) in [6, 6.07) is 9.90. The molecule has 4 nitrogen and oxygen atoms in total. The number of urea groups is 1. The summed E-state index contributed by atoms with van der Waals surface area (Å²) in [6.45, 7) is 1.62. The number of carbonyl (C=O) groups is 1. The smallest absolute Gasteiger partial charge is 0.317 e. The van der Waals surface area contributed by atoms with Crippen LogP contribution in [0, 0.1) is 5.92 Å². The van der Waals surface area contributed by atoms with Crippen molar-refractivity contribution in [3.05, 3.63) is 35.9 Å². The van der Waals surface area contributed by atoms with E-state index in [9.17, 15) is 9.90 Å². The molecular weight excluding hydrogens is 264 g/mol. The molecule has 21 heavy (non-hydrogen) atoms. The van der Waals surface area contributed by atoms with Gasteiger partial charge in [-0.2, -0.15) is 0 Å². The van der Waals surface area contributed by atoms with Crippen LogP contribution in [0.15, 0.2) is 30.3 Å². The first-order chi connectivity index (χ1) is 10.2. The first-order valence-corrected chi connectivity index (χ1v) is 8.01. The van der Waals surface area contributed by atoms with Crippen LogP contribution in [0.4, 0.5) is 4.79 Å². The van der Waals surface area contributed by atoms with Gasteiger partial charge in [-0.3, -0.25) is 0 Å². The summed E-state index contributed by atoms with van der Waals surface area (Å²) in [5, 5.41) is 13.4. The van der Waals surface area contributed by atoms with Crippen molar-refractivity contribution in [3.63, 3.8) is 0 Å². The number of amides is 2. The molecule has 1 saturated carbocycles. The van der Waals surface area contributed by atoms with Gasteiger partial charge in [-0.05, 0) is 43.6 Å². The summed E-state index contributed by atoms with van der Waals surface area (Å²) < 4.78 is 0. The molecular formula is C17H24N2O2. The number of benzene rings is 1. The Balaban J connectivity index is 1.54. The van der Waals surface area contributed by atoms with Crippen molar-refractivity contribution < 1.29 is 9.90 Å². The Kier molecular flexibility index (Phi) is 4.44. The van der Waals surface area contributed by atoms with Crippen LogP contribution in [0.3, 0.4) is 0 Å². The third kappa shape index (κ3) is 3.76. The largest absolute Gasteiger partial charge is 0.388 e. The zero-order chi connectivity index (χ0) is 14.7. The normalized spacial score (nSPS) is 23.1. The van der Waals surface area contributed by atoms with E-state index in [1.54, 1.807) is 0 Å². The van der Waals surface area contributed by atoms with Gasteiger partial charge in [0.2, 0.25) is 0 Å². The maximum absolute atomic E-state index is 12.2. The first kappa shape index (κ1) is 14.4. The lowest BCUT2D eigenvalue weighted by molar-refractivity contribution is 0.126. The molecule has 2 fully saturated rings. The second-order valence-corrected chi connectivity index (χ2v) is 6.28. The minimum Gasteiger partial charge on any atom is -0.388 e. The Morgan fingerprint density at radius 2 is 2.05 bits per heavy atom. The van der Waals surface area contributed by atoms with E-state index in [1.807, 2.05) is 35.2 Å². The van der Waals surface area contributed by atoms with Crippen LogP contribution in [0.1, 0.15) is 43.8 Å². The van der Waals surface area contributed by atoms with Crippen molar-refractivity contribution >= 4 is 6.03 Å². The molecule has 4 heteroatoms. The van der Waals surface area contributed by atoms with Gasteiger partial charge in [-0.15, -0.1) is 0 Å². The fraction of sp³-hybridized carbons (Fsp3) is 0.588. The first-order valence-electron chi connectivity index (χ1n) is 8.01. The minimum atomic E-state index is -0.493. The molecule has 0 aromatic heterocycles. The number of hydrogen-bond acceptors (Lipinski definition) is 2. The van der Waals surface area contributed by atoms with E-state index in [1.165, 1.54) is 12.8 Å². The molecule has 114 valence electrons. The SMILES string of the molecule is O=C(NCC1CC1)N1CCCC1CC(O)c1ccccc1.